The van der Waals surface area contributed by atoms with Gasteiger partial charge in [-0.05, 0) is 30.9 Å². The molecule has 204 valence electrons. The van der Waals surface area contributed by atoms with Crippen LogP contribution in [0.5, 0.6) is 0 Å². The monoisotopic (exact) mass is 542 g/mol. The Morgan fingerprint density at radius 3 is 2.53 bits per heavy atom. The van der Waals surface area contributed by atoms with Crippen molar-refractivity contribution in [3.8, 4) is 10.4 Å². The molecular formula is C27H34N4O6S. The van der Waals surface area contributed by atoms with Crippen LogP contribution in [0, 0.1) is 18.8 Å². The van der Waals surface area contributed by atoms with Gasteiger partial charge in [-0.1, -0.05) is 38.1 Å². The highest BCUT2D eigenvalue weighted by Gasteiger charge is 2.43. The number of nitrogens with zero attached hydrogens (tertiary/aromatic N) is 2. The second kappa shape index (κ2) is 12.8. The molecule has 0 spiro atoms. The Hall–Kier alpha value is -3.57. The number of hydrogen-bond donors (Lipinski definition) is 3. The molecule has 38 heavy (non-hydrogen) atoms. The number of ketones is 1. The van der Waals surface area contributed by atoms with Crippen molar-refractivity contribution >= 4 is 35.2 Å². The summed E-state index contributed by atoms with van der Waals surface area (Å²) in [4.78, 5) is 56.7. The Morgan fingerprint density at radius 2 is 1.95 bits per heavy atom. The van der Waals surface area contributed by atoms with Gasteiger partial charge in [-0.3, -0.25) is 19.2 Å². The lowest BCUT2D eigenvalue weighted by molar-refractivity contribution is -0.146. The Kier molecular flexibility index (Phi) is 9.76. The number of amides is 2. The molecule has 2 aromatic rings. The normalized spacial score (nSPS) is 19.2. The average Bonchev–Trinajstić information content (AvgIpc) is 3.48. The van der Waals surface area contributed by atoms with E-state index in [1.165, 1.54) is 4.90 Å². The number of allylic oxidation sites excluding steroid dienone is 1. The summed E-state index contributed by atoms with van der Waals surface area (Å²) in [7, 11) is 0. The van der Waals surface area contributed by atoms with E-state index < -0.39 is 41.6 Å². The maximum absolute atomic E-state index is 13.5. The third-order valence-electron chi connectivity index (χ3n) is 6.48. The molecule has 2 heterocycles. The fraction of sp³-hybridized carbons (Fsp3) is 0.444. The topological polar surface area (TPSA) is 152 Å². The SMILES string of the molecule is Cc1ncsc1-c1ccc([C@H](C)NC(=O)[C@@H]2C[C@@H](O)CN2C(=O)[C@@H](C(=O)C=C(N)OCC=O)C(C)C)cc1. The van der Waals surface area contributed by atoms with Crippen LogP contribution in [-0.4, -0.2) is 64.2 Å². The van der Waals surface area contributed by atoms with Crippen molar-refractivity contribution < 1.29 is 29.0 Å². The number of aromatic nitrogens is 1. The van der Waals surface area contributed by atoms with Crippen molar-refractivity contribution in [2.75, 3.05) is 13.2 Å². The minimum absolute atomic E-state index is 0.0628. The first-order valence-corrected chi connectivity index (χ1v) is 13.3. The molecule has 1 saturated heterocycles. The number of aliphatic hydroxyl groups excluding tert-OH is 1. The standard InChI is InChI=1S/C27H34N4O6S/c1-15(2)24(22(34)12-23(28)37-10-9-32)27(36)31-13-20(33)11-21(31)26(35)30-16(3)18-5-7-19(8-6-18)25-17(4)29-14-38-25/h5-9,12,14-16,20-21,24,33H,10-11,13,28H2,1-4H3,(H,30,35)/t16-,20+,21-,24+/m0/s1. The number of β-amino-alcohol motifs (C(OH)–C–C–N with tert-alkyl or cyclic N) is 1. The summed E-state index contributed by atoms with van der Waals surface area (Å²) in [6.07, 6.45) is 0.634. The van der Waals surface area contributed by atoms with Gasteiger partial charge in [-0.15, -0.1) is 11.3 Å². The highest BCUT2D eigenvalue weighted by atomic mass is 32.1. The summed E-state index contributed by atoms with van der Waals surface area (Å²) < 4.78 is 4.91. The molecule has 1 aromatic heterocycles. The predicted molar refractivity (Wildman–Crippen MR) is 143 cm³/mol. The first kappa shape index (κ1) is 29.0. The van der Waals surface area contributed by atoms with E-state index in [4.69, 9.17) is 10.5 Å². The van der Waals surface area contributed by atoms with Crippen molar-refractivity contribution in [1.29, 1.82) is 0 Å². The van der Waals surface area contributed by atoms with Crippen LogP contribution >= 0.6 is 11.3 Å². The molecule has 0 aliphatic carbocycles. The van der Waals surface area contributed by atoms with E-state index in [2.05, 4.69) is 10.3 Å². The van der Waals surface area contributed by atoms with E-state index >= 15 is 0 Å². The number of likely N-dealkylation sites (tertiary alicyclic amines) is 1. The predicted octanol–water partition coefficient (Wildman–Crippen LogP) is 2.11. The van der Waals surface area contributed by atoms with Crippen LogP contribution in [0.3, 0.4) is 0 Å². The number of aliphatic hydroxyl groups is 1. The zero-order chi connectivity index (χ0) is 28.0. The lowest BCUT2D eigenvalue weighted by Gasteiger charge is -2.29. The first-order valence-electron chi connectivity index (χ1n) is 12.4. The van der Waals surface area contributed by atoms with E-state index in [0.29, 0.717) is 6.29 Å². The number of ether oxygens (including phenoxy) is 1. The minimum Gasteiger partial charge on any atom is -0.472 e. The molecule has 3 rings (SSSR count). The number of nitrogens with one attached hydrogen (secondary N) is 1. The van der Waals surface area contributed by atoms with Crippen molar-refractivity contribution in [3.63, 3.8) is 0 Å². The Labute approximate surface area is 225 Å². The number of hydrogen-bond acceptors (Lipinski definition) is 9. The number of rotatable bonds is 11. The molecule has 1 aliphatic heterocycles. The molecule has 2 amide bonds. The van der Waals surface area contributed by atoms with Crippen molar-refractivity contribution in [2.45, 2.75) is 52.3 Å². The molecular weight excluding hydrogens is 508 g/mol. The fourth-order valence-electron chi connectivity index (χ4n) is 4.52. The highest BCUT2D eigenvalue weighted by molar-refractivity contribution is 7.13. The van der Waals surface area contributed by atoms with Crippen molar-refractivity contribution in [3.05, 3.63) is 53.0 Å². The number of nitrogens with two attached hydrogens (primary N) is 1. The molecule has 10 nitrogen and oxygen atoms in total. The van der Waals surface area contributed by atoms with E-state index in [9.17, 15) is 24.3 Å². The second-order valence-electron chi connectivity index (χ2n) is 9.66. The van der Waals surface area contributed by atoms with E-state index in [1.807, 2.05) is 38.1 Å². The fourth-order valence-corrected chi connectivity index (χ4v) is 5.33. The Bertz CT molecular complexity index is 1190. The van der Waals surface area contributed by atoms with Crippen LogP contribution in [0.1, 0.15) is 44.5 Å². The van der Waals surface area contributed by atoms with Crippen LogP contribution < -0.4 is 11.1 Å². The van der Waals surface area contributed by atoms with Crippen molar-refractivity contribution in [2.24, 2.45) is 17.6 Å². The summed E-state index contributed by atoms with van der Waals surface area (Å²) >= 11 is 1.56. The summed E-state index contributed by atoms with van der Waals surface area (Å²) in [5.41, 5.74) is 10.3. The first-order chi connectivity index (χ1) is 18.0. The second-order valence-corrected chi connectivity index (χ2v) is 10.5. The van der Waals surface area contributed by atoms with Gasteiger partial charge in [0.1, 0.15) is 18.6 Å². The molecule has 4 N–H and O–H groups in total. The average molecular weight is 543 g/mol. The molecule has 0 unspecified atom stereocenters. The van der Waals surface area contributed by atoms with Gasteiger partial charge in [0.2, 0.25) is 11.8 Å². The molecule has 0 saturated carbocycles. The maximum Gasteiger partial charge on any atom is 0.243 e. The number of carbonyl (C=O) groups excluding carboxylic acids is 4. The van der Waals surface area contributed by atoms with Gasteiger partial charge in [0, 0.05) is 19.0 Å². The Morgan fingerprint density at radius 1 is 1.26 bits per heavy atom. The van der Waals surface area contributed by atoms with Crippen molar-refractivity contribution in [1.82, 2.24) is 15.2 Å². The number of carbonyl (C=O) groups is 4. The van der Waals surface area contributed by atoms with Gasteiger partial charge >= 0.3 is 0 Å². The highest BCUT2D eigenvalue weighted by Crippen LogP contribution is 2.29. The molecule has 4 atom stereocenters. The molecule has 0 radical (unpaired) electrons. The summed E-state index contributed by atoms with van der Waals surface area (Å²) in [5.74, 6) is -3.40. The third kappa shape index (κ3) is 6.84. The smallest absolute Gasteiger partial charge is 0.243 e. The van der Waals surface area contributed by atoms with Crippen LogP contribution in [0.15, 0.2) is 41.7 Å². The van der Waals surface area contributed by atoms with Crippen LogP contribution in [0.25, 0.3) is 10.4 Å². The van der Waals surface area contributed by atoms with Gasteiger partial charge < -0.3 is 25.8 Å². The van der Waals surface area contributed by atoms with Gasteiger partial charge in [-0.2, -0.15) is 0 Å². The lowest BCUT2D eigenvalue weighted by Crippen LogP contribution is -2.50. The minimum atomic E-state index is -1.13. The summed E-state index contributed by atoms with van der Waals surface area (Å²) in [6, 6.07) is 6.54. The molecule has 1 aromatic carbocycles. The van der Waals surface area contributed by atoms with Gasteiger partial charge in [-0.25, -0.2) is 4.98 Å². The molecule has 1 aliphatic rings. The van der Waals surface area contributed by atoms with E-state index in [1.54, 1.807) is 30.7 Å². The van der Waals surface area contributed by atoms with Gasteiger partial charge in [0.25, 0.3) is 0 Å². The number of aryl methyl sites for hydroxylation is 1. The van der Waals surface area contributed by atoms with E-state index in [0.717, 1.165) is 27.8 Å². The zero-order valence-corrected chi connectivity index (χ0v) is 22.7. The van der Waals surface area contributed by atoms with Crippen LogP contribution in [0.2, 0.25) is 0 Å². The Balaban J connectivity index is 1.72. The van der Waals surface area contributed by atoms with Crippen LogP contribution in [0.4, 0.5) is 0 Å². The van der Waals surface area contributed by atoms with Gasteiger partial charge in [0.15, 0.2) is 18.0 Å². The quantitative estimate of drug-likeness (QED) is 0.169. The van der Waals surface area contributed by atoms with Crippen LogP contribution in [-0.2, 0) is 23.9 Å². The number of benzene rings is 1. The largest absolute Gasteiger partial charge is 0.472 e. The maximum atomic E-state index is 13.5. The third-order valence-corrected chi connectivity index (χ3v) is 7.46. The van der Waals surface area contributed by atoms with E-state index in [-0.39, 0.29) is 31.5 Å². The zero-order valence-electron chi connectivity index (χ0n) is 21.9. The number of aldehydes is 1. The molecule has 11 heteroatoms. The lowest BCUT2D eigenvalue weighted by atomic mass is 9.89. The number of thiazole rings is 1. The van der Waals surface area contributed by atoms with Gasteiger partial charge in [0.05, 0.1) is 28.2 Å². The molecule has 1 fully saturated rings. The summed E-state index contributed by atoms with van der Waals surface area (Å²) in [6.45, 7) is 6.83. The molecule has 0 bridgehead atoms. The summed E-state index contributed by atoms with van der Waals surface area (Å²) in [5, 5.41) is 13.3.